The van der Waals surface area contributed by atoms with Crippen molar-refractivity contribution in [2.75, 3.05) is 67.4 Å². The van der Waals surface area contributed by atoms with Gasteiger partial charge in [0.1, 0.15) is 0 Å². The van der Waals surface area contributed by atoms with Gasteiger partial charge in [0.05, 0.1) is 34.9 Å². The predicted molar refractivity (Wildman–Crippen MR) is 148 cm³/mol. The zero-order valence-electron chi connectivity index (χ0n) is 22.0. The second-order valence-corrected chi connectivity index (χ2v) is 9.83. The summed E-state index contributed by atoms with van der Waals surface area (Å²) in [4.78, 5) is 18.4. The number of hydrogen-bond acceptors (Lipinski definition) is 7. The Morgan fingerprint density at radius 3 is 2.14 bits per heavy atom. The first-order chi connectivity index (χ1) is 17.0. The maximum atomic E-state index is 12.9. The summed E-state index contributed by atoms with van der Waals surface area (Å²) in [6.45, 7) is 3.53. The van der Waals surface area contributed by atoms with Crippen LogP contribution >= 0.6 is 24.2 Å². The van der Waals surface area contributed by atoms with Crippen LogP contribution in [-0.2, 0) is 17.6 Å². The van der Waals surface area contributed by atoms with Crippen LogP contribution in [0.5, 0.6) is 23.0 Å². The molecule has 0 aliphatic carbocycles. The quantitative estimate of drug-likeness (QED) is 0.273. The van der Waals surface area contributed by atoms with Crippen molar-refractivity contribution in [1.82, 2.24) is 9.80 Å². The SMILES string of the molecule is COc1ccc(SCCCN(C)CCCN2CCc3cc(OC)c(OC)cc3CC2=O)cc1OC.Cl. The fourth-order valence-electron chi connectivity index (χ4n) is 4.33. The van der Waals surface area contributed by atoms with Crippen molar-refractivity contribution >= 4 is 30.1 Å². The van der Waals surface area contributed by atoms with E-state index < -0.39 is 0 Å². The first-order valence-corrected chi connectivity index (χ1v) is 13.0. The Bertz CT molecular complexity index is 991. The predicted octanol–water partition coefficient (Wildman–Crippen LogP) is 4.57. The third-order valence-electron chi connectivity index (χ3n) is 6.33. The van der Waals surface area contributed by atoms with Gasteiger partial charge in [-0.3, -0.25) is 4.79 Å². The second kappa shape index (κ2) is 15.1. The molecule has 0 aromatic heterocycles. The number of methoxy groups -OCH3 is 4. The van der Waals surface area contributed by atoms with Crippen molar-refractivity contribution in [3.63, 3.8) is 0 Å². The second-order valence-electron chi connectivity index (χ2n) is 8.66. The number of carbonyl (C=O) groups is 1. The molecule has 7 nitrogen and oxygen atoms in total. The number of thioether (sulfide) groups is 1. The molecule has 0 spiro atoms. The number of ether oxygens (including phenoxy) is 4. The van der Waals surface area contributed by atoms with Crippen LogP contribution in [0.1, 0.15) is 24.0 Å². The fraction of sp³-hybridized carbons (Fsp3) is 0.519. The smallest absolute Gasteiger partial charge is 0.227 e. The summed E-state index contributed by atoms with van der Waals surface area (Å²) < 4.78 is 21.5. The highest BCUT2D eigenvalue weighted by molar-refractivity contribution is 7.99. The minimum atomic E-state index is 0. The van der Waals surface area contributed by atoms with Gasteiger partial charge in [-0.2, -0.15) is 0 Å². The van der Waals surface area contributed by atoms with Crippen molar-refractivity contribution in [2.45, 2.75) is 30.6 Å². The van der Waals surface area contributed by atoms with Crippen molar-refractivity contribution < 1.29 is 23.7 Å². The lowest BCUT2D eigenvalue weighted by Gasteiger charge is -2.22. The van der Waals surface area contributed by atoms with E-state index in [1.807, 2.05) is 40.9 Å². The molecule has 1 amide bonds. The van der Waals surface area contributed by atoms with E-state index in [4.69, 9.17) is 18.9 Å². The summed E-state index contributed by atoms with van der Waals surface area (Å²) in [6.07, 6.45) is 3.31. The zero-order valence-corrected chi connectivity index (χ0v) is 23.6. The van der Waals surface area contributed by atoms with E-state index in [0.717, 1.165) is 74.0 Å². The van der Waals surface area contributed by atoms with E-state index in [-0.39, 0.29) is 18.3 Å². The van der Waals surface area contributed by atoms with Gasteiger partial charge in [-0.15, -0.1) is 24.2 Å². The molecule has 0 bridgehead atoms. The maximum absolute atomic E-state index is 12.9. The maximum Gasteiger partial charge on any atom is 0.227 e. The molecule has 2 aromatic carbocycles. The highest BCUT2D eigenvalue weighted by atomic mass is 35.5. The molecule has 9 heteroatoms. The van der Waals surface area contributed by atoms with Gasteiger partial charge in [0.2, 0.25) is 5.91 Å². The minimum Gasteiger partial charge on any atom is -0.493 e. The summed E-state index contributed by atoms with van der Waals surface area (Å²) in [5, 5.41) is 0. The van der Waals surface area contributed by atoms with Gasteiger partial charge in [0.25, 0.3) is 0 Å². The molecule has 0 radical (unpaired) electrons. The van der Waals surface area contributed by atoms with Crippen molar-refractivity contribution in [3.05, 3.63) is 41.5 Å². The first-order valence-electron chi connectivity index (χ1n) is 12.0. The van der Waals surface area contributed by atoms with Crippen LogP contribution < -0.4 is 18.9 Å². The van der Waals surface area contributed by atoms with E-state index in [1.165, 1.54) is 10.5 Å². The summed E-state index contributed by atoms with van der Waals surface area (Å²) in [5.41, 5.74) is 2.21. The van der Waals surface area contributed by atoms with E-state index in [1.54, 1.807) is 28.4 Å². The first kappa shape index (κ1) is 29.9. The molecule has 1 aliphatic heterocycles. The molecular formula is C27H39ClN2O5S. The van der Waals surface area contributed by atoms with Crippen molar-refractivity contribution in [1.29, 1.82) is 0 Å². The van der Waals surface area contributed by atoms with Crippen LogP contribution in [0.4, 0.5) is 0 Å². The monoisotopic (exact) mass is 538 g/mol. The molecule has 200 valence electrons. The fourth-order valence-corrected chi connectivity index (χ4v) is 5.19. The van der Waals surface area contributed by atoms with Gasteiger partial charge in [0.15, 0.2) is 23.0 Å². The lowest BCUT2D eigenvalue weighted by Crippen LogP contribution is -2.35. The molecule has 0 saturated heterocycles. The van der Waals surface area contributed by atoms with Gasteiger partial charge in [0, 0.05) is 18.0 Å². The van der Waals surface area contributed by atoms with Gasteiger partial charge in [-0.1, -0.05) is 0 Å². The number of amides is 1. The third-order valence-corrected chi connectivity index (χ3v) is 7.41. The number of nitrogens with zero attached hydrogens (tertiary/aromatic N) is 2. The lowest BCUT2D eigenvalue weighted by atomic mass is 10.0. The van der Waals surface area contributed by atoms with Gasteiger partial charge in [-0.25, -0.2) is 0 Å². The molecule has 36 heavy (non-hydrogen) atoms. The molecule has 0 saturated carbocycles. The van der Waals surface area contributed by atoms with Crippen LogP contribution in [0.15, 0.2) is 35.2 Å². The Balaban J connectivity index is 0.00000456. The standard InChI is InChI=1S/C27H38N2O5S.ClH/c1-28(12-7-15-35-22-8-9-23(31-2)26(19-22)34-5)11-6-13-29-14-10-20-16-24(32-3)25(33-4)17-21(20)18-27(29)30;/h8-9,16-17,19H,6-7,10-15,18H2,1-5H3;1H. The number of carbonyl (C=O) groups excluding carboxylic acids is 1. The van der Waals surface area contributed by atoms with E-state index in [0.29, 0.717) is 12.2 Å². The molecule has 0 atom stereocenters. The van der Waals surface area contributed by atoms with Crippen LogP contribution in [-0.4, -0.2) is 83.1 Å². The zero-order chi connectivity index (χ0) is 25.2. The van der Waals surface area contributed by atoms with Crippen LogP contribution in [0.25, 0.3) is 0 Å². The Labute approximate surface area is 225 Å². The van der Waals surface area contributed by atoms with Crippen LogP contribution in [0.2, 0.25) is 0 Å². The Kier molecular flexibility index (Phi) is 12.5. The molecule has 0 N–H and O–H groups in total. The Morgan fingerprint density at radius 1 is 0.861 bits per heavy atom. The molecule has 1 heterocycles. The minimum absolute atomic E-state index is 0. The van der Waals surface area contributed by atoms with E-state index in [9.17, 15) is 4.79 Å². The molecule has 1 aliphatic rings. The Morgan fingerprint density at radius 2 is 1.47 bits per heavy atom. The largest absolute Gasteiger partial charge is 0.493 e. The topological polar surface area (TPSA) is 60.5 Å². The van der Waals surface area contributed by atoms with Crippen LogP contribution in [0, 0.1) is 0 Å². The molecule has 2 aromatic rings. The van der Waals surface area contributed by atoms with Crippen LogP contribution in [0.3, 0.4) is 0 Å². The lowest BCUT2D eigenvalue weighted by molar-refractivity contribution is -0.130. The molecule has 0 fully saturated rings. The summed E-state index contributed by atoms with van der Waals surface area (Å²) in [5.74, 6) is 4.14. The summed E-state index contributed by atoms with van der Waals surface area (Å²) in [7, 11) is 8.73. The number of hydrogen-bond donors (Lipinski definition) is 0. The van der Waals surface area contributed by atoms with Crippen molar-refractivity contribution in [3.8, 4) is 23.0 Å². The average molecular weight is 539 g/mol. The van der Waals surface area contributed by atoms with Gasteiger partial charge < -0.3 is 28.7 Å². The normalized spacial score (nSPS) is 13.1. The van der Waals surface area contributed by atoms with Gasteiger partial charge >= 0.3 is 0 Å². The molecular weight excluding hydrogens is 500 g/mol. The third kappa shape index (κ3) is 8.11. The molecule has 0 unspecified atom stereocenters. The summed E-state index contributed by atoms with van der Waals surface area (Å²) in [6, 6.07) is 10.00. The average Bonchev–Trinajstić information content (AvgIpc) is 3.03. The highest BCUT2D eigenvalue weighted by Gasteiger charge is 2.22. The number of fused-ring (bicyclic) bond motifs is 1. The Hall–Kier alpha value is -2.29. The summed E-state index contributed by atoms with van der Waals surface area (Å²) >= 11 is 1.83. The van der Waals surface area contributed by atoms with E-state index >= 15 is 0 Å². The van der Waals surface area contributed by atoms with E-state index in [2.05, 4.69) is 18.0 Å². The highest BCUT2D eigenvalue weighted by Crippen LogP contribution is 2.33. The molecule has 3 rings (SSSR count). The van der Waals surface area contributed by atoms with Crippen molar-refractivity contribution in [2.24, 2.45) is 0 Å². The number of benzene rings is 2. The number of halogens is 1. The number of rotatable bonds is 13. The van der Waals surface area contributed by atoms with Gasteiger partial charge in [-0.05, 0) is 86.6 Å².